The Morgan fingerprint density at radius 1 is 1.23 bits per heavy atom. The average Bonchev–Trinajstić information content (AvgIpc) is 2.04. The van der Waals surface area contributed by atoms with E-state index in [2.05, 4.69) is 15.9 Å². The Hall–Kier alpha value is -0.410. The summed E-state index contributed by atoms with van der Waals surface area (Å²) in [5.74, 6) is 1.41. The van der Waals surface area contributed by atoms with Crippen LogP contribution in [0.25, 0.3) is 0 Å². The summed E-state index contributed by atoms with van der Waals surface area (Å²) in [7, 11) is 3.20. The van der Waals surface area contributed by atoms with Crippen molar-refractivity contribution in [1.82, 2.24) is 0 Å². The van der Waals surface area contributed by atoms with Crippen molar-refractivity contribution in [2.75, 3.05) is 14.2 Å². The van der Waals surface area contributed by atoms with Crippen LogP contribution in [0.3, 0.4) is 0 Å². The zero-order valence-corrected chi connectivity index (χ0v) is 9.99. The molecule has 1 aromatic rings. The van der Waals surface area contributed by atoms with Crippen molar-refractivity contribution in [2.24, 2.45) is 0 Å². The monoisotopic (exact) mass is 264 g/mol. The Bertz CT molecular complexity index is 298. The average molecular weight is 266 g/mol. The van der Waals surface area contributed by atoms with Gasteiger partial charge >= 0.3 is 0 Å². The lowest BCUT2D eigenvalue weighted by atomic mass is 10.2. The van der Waals surface area contributed by atoms with Gasteiger partial charge < -0.3 is 9.47 Å². The van der Waals surface area contributed by atoms with Gasteiger partial charge in [-0.25, -0.2) is 0 Å². The molecule has 0 unspecified atom stereocenters. The van der Waals surface area contributed by atoms with E-state index in [4.69, 9.17) is 21.1 Å². The quantitative estimate of drug-likeness (QED) is 0.816. The minimum Gasteiger partial charge on any atom is -0.495 e. The second kappa shape index (κ2) is 4.20. The fourth-order valence-electron chi connectivity index (χ4n) is 1.20. The summed E-state index contributed by atoms with van der Waals surface area (Å²) >= 11 is 9.31. The van der Waals surface area contributed by atoms with Crippen LogP contribution in [0.1, 0.15) is 5.56 Å². The van der Waals surface area contributed by atoms with Crippen molar-refractivity contribution in [3.05, 3.63) is 21.1 Å². The van der Waals surface area contributed by atoms with E-state index in [-0.39, 0.29) is 0 Å². The summed E-state index contributed by atoms with van der Waals surface area (Å²) in [6.07, 6.45) is 0. The lowest BCUT2D eigenvalue weighted by Gasteiger charge is -2.12. The first kappa shape index (κ1) is 10.7. The fraction of sp³-hybridized carbons (Fsp3) is 0.333. The molecular formula is C9H10BrClO2. The van der Waals surface area contributed by atoms with Crippen LogP contribution >= 0.6 is 27.5 Å². The smallest absolute Gasteiger partial charge is 0.144 e. The van der Waals surface area contributed by atoms with Crippen molar-refractivity contribution in [1.29, 1.82) is 0 Å². The summed E-state index contributed by atoms with van der Waals surface area (Å²) in [6.45, 7) is 1.90. The zero-order chi connectivity index (χ0) is 10.0. The molecule has 0 aliphatic heterocycles. The van der Waals surface area contributed by atoms with Gasteiger partial charge in [0.15, 0.2) is 0 Å². The maximum atomic E-state index is 5.95. The molecule has 0 aliphatic rings. The van der Waals surface area contributed by atoms with E-state index in [0.29, 0.717) is 10.8 Å². The topological polar surface area (TPSA) is 18.5 Å². The van der Waals surface area contributed by atoms with Gasteiger partial charge in [-0.2, -0.15) is 0 Å². The van der Waals surface area contributed by atoms with Crippen LogP contribution in [0.15, 0.2) is 10.5 Å². The van der Waals surface area contributed by atoms with Crippen molar-refractivity contribution in [2.45, 2.75) is 6.92 Å². The summed E-state index contributed by atoms with van der Waals surface area (Å²) in [4.78, 5) is 0. The van der Waals surface area contributed by atoms with E-state index < -0.39 is 0 Å². The summed E-state index contributed by atoms with van der Waals surface area (Å²) in [5, 5.41) is 0.577. The Kier molecular flexibility index (Phi) is 3.45. The highest BCUT2D eigenvalue weighted by Gasteiger charge is 2.13. The first-order valence-corrected chi connectivity index (χ1v) is 4.85. The maximum absolute atomic E-state index is 5.95. The molecule has 13 heavy (non-hydrogen) atoms. The number of methoxy groups -OCH3 is 2. The van der Waals surface area contributed by atoms with Crippen molar-refractivity contribution >= 4 is 27.5 Å². The molecule has 0 fully saturated rings. The third kappa shape index (κ3) is 1.92. The molecule has 0 bridgehead atoms. The molecule has 1 aromatic carbocycles. The van der Waals surface area contributed by atoms with Crippen LogP contribution in [0.4, 0.5) is 0 Å². The number of halogens is 2. The van der Waals surface area contributed by atoms with Gasteiger partial charge in [-0.3, -0.25) is 0 Å². The van der Waals surface area contributed by atoms with Gasteiger partial charge in [-0.1, -0.05) is 11.6 Å². The summed E-state index contributed by atoms with van der Waals surface area (Å²) < 4.78 is 11.2. The fourth-order valence-corrected chi connectivity index (χ4v) is 2.35. The Morgan fingerprint density at radius 2 is 1.77 bits per heavy atom. The van der Waals surface area contributed by atoms with Gasteiger partial charge in [-0.15, -0.1) is 0 Å². The predicted molar refractivity (Wildman–Crippen MR) is 57.0 cm³/mol. The number of hydrogen-bond acceptors (Lipinski definition) is 2. The van der Waals surface area contributed by atoms with Crippen LogP contribution in [-0.2, 0) is 0 Å². The SMILES string of the molecule is COc1c(Cl)cc(Br)c(OC)c1C. The van der Waals surface area contributed by atoms with E-state index >= 15 is 0 Å². The molecule has 0 heterocycles. The van der Waals surface area contributed by atoms with Crippen LogP contribution in [0.2, 0.25) is 5.02 Å². The summed E-state index contributed by atoms with van der Waals surface area (Å²) in [5.41, 5.74) is 0.893. The van der Waals surface area contributed by atoms with E-state index in [1.807, 2.05) is 6.92 Å². The molecule has 0 saturated carbocycles. The maximum Gasteiger partial charge on any atom is 0.144 e. The minimum atomic E-state index is 0.577. The molecule has 0 amide bonds. The third-order valence-electron chi connectivity index (χ3n) is 1.78. The first-order chi connectivity index (χ1) is 6.11. The van der Waals surface area contributed by atoms with E-state index in [1.54, 1.807) is 20.3 Å². The van der Waals surface area contributed by atoms with Gasteiger partial charge in [0.25, 0.3) is 0 Å². The lowest BCUT2D eigenvalue weighted by Crippen LogP contribution is -1.94. The Morgan fingerprint density at radius 3 is 2.23 bits per heavy atom. The number of benzene rings is 1. The summed E-state index contributed by atoms with van der Waals surface area (Å²) in [6, 6.07) is 1.76. The highest BCUT2D eigenvalue weighted by molar-refractivity contribution is 9.10. The van der Waals surface area contributed by atoms with Crippen LogP contribution in [0, 0.1) is 6.92 Å². The lowest BCUT2D eigenvalue weighted by molar-refractivity contribution is 0.387. The highest BCUT2D eigenvalue weighted by Crippen LogP contribution is 2.40. The van der Waals surface area contributed by atoms with Crippen LogP contribution in [0.5, 0.6) is 11.5 Å². The van der Waals surface area contributed by atoms with Gasteiger partial charge in [0.2, 0.25) is 0 Å². The van der Waals surface area contributed by atoms with E-state index in [9.17, 15) is 0 Å². The molecular weight excluding hydrogens is 255 g/mol. The molecule has 0 spiro atoms. The molecule has 72 valence electrons. The van der Waals surface area contributed by atoms with E-state index in [1.165, 1.54) is 0 Å². The second-order valence-electron chi connectivity index (χ2n) is 2.53. The molecule has 1 rings (SSSR count). The second-order valence-corrected chi connectivity index (χ2v) is 3.79. The van der Waals surface area contributed by atoms with Crippen molar-refractivity contribution in [3.8, 4) is 11.5 Å². The Labute approximate surface area is 90.9 Å². The number of hydrogen-bond donors (Lipinski definition) is 0. The standard InChI is InChI=1S/C9H10BrClO2/c1-5-8(12-2)6(10)4-7(11)9(5)13-3/h4H,1-3H3. The largest absolute Gasteiger partial charge is 0.495 e. The molecule has 0 aromatic heterocycles. The van der Waals surface area contributed by atoms with Crippen LogP contribution < -0.4 is 9.47 Å². The van der Waals surface area contributed by atoms with Gasteiger partial charge in [0.1, 0.15) is 11.5 Å². The van der Waals surface area contributed by atoms with Crippen molar-refractivity contribution < 1.29 is 9.47 Å². The number of ether oxygens (including phenoxy) is 2. The molecule has 0 aliphatic carbocycles. The highest BCUT2D eigenvalue weighted by atomic mass is 79.9. The Balaban J connectivity index is 3.39. The normalized spacial score (nSPS) is 9.92. The minimum absolute atomic E-state index is 0.577. The van der Waals surface area contributed by atoms with Crippen molar-refractivity contribution in [3.63, 3.8) is 0 Å². The van der Waals surface area contributed by atoms with Gasteiger partial charge in [0.05, 0.1) is 23.7 Å². The van der Waals surface area contributed by atoms with Gasteiger partial charge in [0, 0.05) is 5.56 Å². The third-order valence-corrected chi connectivity index (χ3v) is 2.65. The molecule has 4 heteroatoms. The van der Waals surface area contributed by atoms with E-state index in [0.717, 1.165) is 15.8 Å². The number of rotatable bonds is 2. The van der Waals surface area contributed by atoms with Gasteiger partial charge in [-0.05, 0) is 28.9 Å². The zero-order valence-electron chi connectivity index (χ0n) is 7.65. The molecule has 2 nitrogen and oxygen atoms in total. The molecule has 0 radical (unpaired) electrons. The first-order valence-electron chi connectivity index (χ1n) is 3.68. The molecule has 0 N–H and O–H groups in total. The molecule has 0 atom stereocenters. The molecule has 0 saturated heterocycles. The van der Waals surface area contributed by atoms with Crippen LogP contribution in [-0.4, -0.2) is 14.2 Å². The predicted octanol–water partition coefficient (Wildman–Crippen LogP) is 3.43.